The number of hydrogen-bond acceptors (Lipinski definition) is 7. The number of nitrogens with one attached hydrogen (secondary N) is 2. The number of methoxy groups -OCH3 is 1. The van der Waals surface area contributed by atoms with Gasteiger partial charge in [-0.15, -0.1) is 0 Å². The minimum Gasteiger partial charge on any atom is -0.453 e. The van der Waals surface area contributed by atoms with Crippen LogP contribution in [0.25, 0.3) is 17.0 Å². The Balaban J connectivity index is 1.40. The average molecular weight is 446 g/mol. The first-order valence-corrected chi connectivity index (χ1v) is 10.5. The smallest absolute Gasteiger partial charge is 0.407 e. The first-order valence-electron chi connectivity index (χ1n) is 10.5. The number of ether oxygens (including phenoxy) is 1. The number of hydrogen-bond donors (Lipinski definition) is 2. The van der Waals surface area contributed by atoms with Gasteiger partial charge >= 0.3 is 6.09 Å². The lowest BCUT2D eigenvalue weighted by Gasteiger charge is -2.38. The number of fused-ring (bicyclic) bond motifs is 1. The van der Waals surface area contributed by atoms with E-state index >= 15 is 0 Å². The first-order chi connectivity index (χ1) is 16.0. The van der Waals surface area contributed by atoms with Crippen LogP contribution in [0.5, 0.6) is 0 Å². The summed E-state index contributed by atoms with van der Waals surface area (Å²) in [6.07, 6.45) is 5.12. The minimum atomic E-state index is -0.705. The highest BCUT2D eigenvalue weighted by molar-refractivity contribution is 6.04. The number of carbonyl (C=O) groups is 2. The van der Waals surface area contributed by atoms with E-state index in [0.29, 0.717) is 47.1 Å². The number of aromatic nitrogens is 4. The molecule has 0 saturated heterocycles. The number of amides is 2. The van der Waals surface area contributed by atoms with Gasteiger partial charge in [0.25, 0.3) is 11.8 Å². The molecule has 1 aliphatic rings. The fourth-order valence-electron chi connectivity index (χ4n) is 3.89. The van der Waals surface area contributed by atoms with E-state index < -0.39 is 11.6 Å². The van der Waals surface area contributed by atoms with E-state index in [2.05, 4.69) is 25.8 Å². The van der Waals surface area contributed by atoms with Crippen LogP contribution in [0.2, 0.25) is 0 Å². The van der Waals surface area contributed by atoms with E-state index in [1.807, 2.05) is 37.3 Å². The maximum absolute atomic E-state index is 12.9. The molecule has 2 N–H and O–H groups in total. The van der Waals surface area contributed by atoms with Gasteiger partial charge in [0.1, 0.15) is 16.9 Å². The van der Waals surface area contributed by atoms with Crippen molar-refractivity contribution in [1.82, 2.24) is 24.8 Å². The van der Waals surface area contributed by atoms with Crippen molar-refractivity contribution in [2.45, 2.75) is 31.7 Å². The molecule has 5 rings (SSSR count). The number of anilines is 1. The number of alkyl carbamates (subject to hydrolysis) is 1. The number of rotatable bonds is 5. The third-order valence-corrected chi connectivity index (χ3v) is 5.96. The predicted molar refractivity (Wildman–Crippen MR) is 119 cm³/mol. The second-order valence-electron chi connectivity index (χ2n) is 8.03. The van der Waals surface area contributed by atoms with Gasteiger partial charge < -0.3 is 19.9 Å². The van der Waals surface area contributed by atoms with Gasteiger partial charge in [-0.05, 0) is 49.9 Å². The van der Waals surface area contributed by atoms with Crippen molar-refractivity contribution in [2.24, 2.45) is 0 Å². The molecule has 1 aliphatic carbocycles. The molecular weight excluding hydrogens is 424 g/mol. The van der Waals surface area contributed by atoms with Crippen molar-refractivity contribution in [1.29, 1.82) is 0 Å². The highest BCUT2D eigenvalue weighted by Gasteiger charge is 2.45. The maximum Gasteiger partial charge on any atom is 0.407 e. The van der Waals surface area contributed by atoms with Crippen molar-refractivity contribution in [3.63, 3.8) is 0 Å². The van der Waals surface area contributed by atoms with Gasteiger partial charge in [-0.1, -0.05) is 23.4 Å². The van der Waals surface area contributed by atoms with Crippen LogP contribution in [0.15, 0.2) is 53.3 Å². The van der Waals surface area contributed by atoms with E-state index in [-0.39, 0.29) is 5.91 Å². The summed E-state index contributed by atoms with van der Waals surface area (Å²) in [5.74, 6) is 0.428. The molecule has 4 aromatic rings. The summed E-state index contributed by atoms with van der Waals surface area (Å²) in [6.45, 7) is 1.90. The third-order valence-electron chi connectivity index (χ3n) is 5.96. The Labute approximate surface area is 189 Å². The number of aryl methyl sites for hydroxylation is 1. The van der Waals surface area contributed by atoms with Gasteiger partial charge in [-0.25, -0.2) is 9.78 Å². The van der Waals surface area contributed by atoms with Crippen LogP contribution in [0.1, 0.15) is 41.2 Å². The van der Waals surface area contributed by atoms with E-state index in [1.165, 1.54) is 7.11 Å². The van der Waals surface area contributed by atoms with Crippen LogP contribution in [-0.4, -0.2) is 38.6 Å². The summed E-state index contributed by atoms with van der Waals surface area (Å²) in [5.41, 5.74) is 2.60. The molecule has 3 aromatic heterocycles. The fraction of sp³-hybridized carbons (Fsp3) is 0.261. The largest absolute Gasteiger partial charge is 0.453 e. The molecule has 0 bridgehead atoms. The molecule has 0 atom stereocenters. The van der Waals surface area contributed by atoms with Crippen molar-refractivity contribution < 1.29 is 18.8 Å². The molecular formula is C23H22N6O4. The minimum absolute atomic E-state index is 0.279. The van der Waals surface area contributed by atoms with Crippen molar-refractivity contribution >= 4 is 23.3 Å². The van der Waals surface area contributed by atoms with E-state index in [0.717, 1.165) is 12.0 Å². The summed E-state index contributed by atoms with van der Waals surface area (Å²) in [6, 6.07) is 11.1. The van der Waals surface area contributed by atoms with E-state index in [1.54, 1.807) is 22.9 Å². The molecule has 3 heterocycles. The monoisotopic (exact) mass is 446 g/mol. The number of nitrogens with zero attached hydrogens (tertiary/aromatic N) is 4. The number of benzene rings is 1. The van der Waals surface area contributed by atoms with Gasteiger partial charge in [0.2, 0.25) is 5.82 Å². The number of imidazole rings is 1. The lowest BCUT2D eigenvalue weighted by atomic mass is 9.76. The summed E-state index contributed by atoms with van der Waals surface area (Å²) in [7, 11) is 1.32. The van der Waals surface area contributed by atoms with Gasteiger partial charge in [0.05, 0.1) is 13.3 Å². The van der Waals surface area contributed by atoms with Crippen LogP contribution in [0.4, 0.5) is 10.5 Å². The lowest BCUT2D eigenvalue weighted by molar-refractivity contribution is 0.102. The lowest BCUT2D eigenvalue weighted by Crippen LogP contribution is -2.51. The molecule has 0 unspecified atom stereocenters. The normalized spacial score (nSPS) is 14.5. The van der Waals surface area contributed by atoms with Gasteiger partial charge in [-0.3, -0.25) is 9.20 Å². The molecule has 1 aromatic carbocycles. The SMILES string of the molecule is COC(=O)NC1(c2nc(-c3ccc(C)c(NC(=O)c4cnc5ccccn45)c3)no2)CCC1. The average Bonchev–Trinajstić information content (AvgIpc) is 3.45. The predicted octanol–water partition coefficient (Wildman–Crippen LogP) is 3.68. The Bertz CT molecular complexity index is 1350. The molecule has 0 spiro atoms. The summed E-state index contributed by atoms with van der Waals surface area (Å²) in [4.78, 5) is 33.5. The highest BCUT2D eigenvalue weighted by atomic mass is 16.5. The van der Waals surface area contributed by atoms with Crippen LogP contribution in [-0.2, 0) is 10.3 Å². The Kier molecular flexibility index (Phi) is 5.04. The summed E-state index contributed by atoms with van der Waals surface area (Å²) in [5, 5.41) is 9.87. The van der Waals surface area contributed by atoms with Gasteiger partial charge in [0, 0.05) is 17.4 Å². The fourth-order valence-corrected chi connectivity index (χ4v) is 3.89. The molecule has 2 amide bonds. The molecule has 33 heavy (non-hydrogen) atoms. The maximum atomic E-state index is 12.9. The summed E-state index contributed by atoms with van der Waals surface area (Å²) < 4.78 is 12.0. The molecule has 0 radical (unpaired) electrons. The first kappa shape index (κ1) is 20.7. The Morgan fingerprint density at radius 2 is 2.06 bits per heavy atom. The topological polar surface area (TPSA) is 124 Å². The highest BCUT2D eigenvalue weighted by Crippen LogP contribution is 2.41. The van der Waals surface area contributed by atoms with Crippen molar-refractivity contribution in [2.75, 3.05) is 12.4 Å². The van der Waals surface area contributed by atoms with Crippen LogP contribution < -0.4 is 10.6 Å². The summed E-state index contributed by atoms with van der Waals surface area (Å²) >= 11 is 0. The zero-order valence-electron chi connectivity index (χ0n) is 18.2. The molecule has 10 heteroatoms. The van der Waals surface area contributed by atoms with Crippen LogP contribution in [0, 0.1) is 6.92 Å². The second-order valence-corrected chi connectivity index (χ2v) is 8.03. The number of pyridine rings is 1. The quantitative estimate of drug-likeness (QED) is 0.479. The Morgan fingerprint density at radius 3 is 2.82 bits per heavy atom. The Hall–Kier alpha value is -4.21. The number of carbonyl (C=O) groups excluding carboxylic acids is 2. The van der Waals surface area contributed by atoms with Crippen LogP contribution in [0.3, 0.4) is 0 Å². The molecule has 10 nitrogen and oxygen atoms in total. The van der Waals surface area contributed by atoms with Crippen molar-refractivity contribution in [3.8, 4) is 11.4 Å². The molecule has 1 fully saturated rings. The Morgan fingerprint density at radius 1 is 1.21 bits per heavy atom. The zero-order valence-corrected chi connectivity index (χ0v) is 18.2. The zero-order chi connectivity index (χ0) is 23.0. The van der Waals surface area contributed by atoms with Crippen molar-refractivity contribution in [3.05, 3.63) is 65.9 Å². The standard InChI is InChI=1S/C23H22N6O4/c1-14-7-8-15(19-26-21(33-28-19)23(9-5-10-23)27-22(31)32-2)12-16(14)25-20(30)17-13-24-18-6-3-4-11-29(17)18/h3-4,6-8,11-13H,5,9-10H2,1-2H3,(H,25,30)(H,27,31). The third kappa shape index (κ3) is 3.69. The van der Waals surface area contributed by atoms with E-state index in [9.17, 15) is 9.59 Å². The van der Waals surface area contributed by atoms with Gasteiger partial charge in [-0.2, -0.15) is 4.98 Å². The molecule has 0 aliphatic heterocycles. The van der Waals surface area contributed by atoms with Gasteiger partial charge in [0.15, 0.2) is 0 Å². The molecule has 1 saturated carbocycles. The van der Waals surface area contributed by atoms with E-state index in [4.69, 9.17) is 9.26 Å². The molecule has 168 valence electrons. The van der Waals surface area contributed by atoms with Crippen LogP contribution >= 0.6 is 0 Å². The second kappa shape index (κ2) is 8.05.